The van der Waals surface area contributed by atoms with Crippen LogP contribution in [0.25, 0.3) is 22.6 Å². The number of hydrogen-bond acceptors (Lipinski definition) is 7. The number of nitrogens with one attached hydrogen (secondary N) is 2. The van der Waals surface area contributed by atoms with Gasteiger partial charge in [0, 0.05) is 41.5 Å². The molecular weight excluding hydrogens is 671 g/mol. The Labute approximate surface area is 308 Å². The molecule has 0 radical (unpaired) electrons. The molecule has 1 fully saturated rings. The summed E-state index contributed by atoms with van der Waals surface area (Å²) in [6, 6.07) is 45.5. The van der Waals surface area contributed by atoms with Crippen molar-refractivity contribution in [2.45, 2.75) is 50.3 Å². The van der Waals surface area contributed by atoms with Gasteiger partial charge in [-0.15, -0.1) is 0 Å². The summed E-state index contributed by atoms with van der Waals surface area (Å²) in [5, 5.41) is 16.0. The van der Waals surface area contributed by atoms with Crippen molar-refractivity contribution in [2.24, 2.45) is 5.92 Å². The first-order valence-corrected chi connectivity index (χ1v) is 18.4. The molecule has 2 heterocycles. The van der Waals surface area contributed by atoms with Gasteiger partial charge in [-0.3, -0.25) is 0 Å². The molecule has 9 heteroatoms. The molecule has 2 amide bonds. The van der Waals surface area contributed by atoms with Crippen LogP contribution >= 0.6 is 11.8 Å². The highest BCUT2D eigenvalue weighted by atomic mass is 32.2. The van der Waals surface area contributed by atoms with Gasteiger partial charge in [0.25, 0.3) is 5.22 Å². The topological polar surface area (TPSA) is 106 Å². The van der Waals surface area contributed by atoms with Gasteiger partial charge >= 0.3 is 6.03 Å². The fraction of sp³-hybridized carbons (Fsp3) is 0.209. The lowest BCUT2D eigenvalue weighted by Crippen LogP contribution is -2.38. The molecule has 0 unspecified atom stereocenters. The molecule has 264 valence electrons. The fourth-order valence-corrected chi connectivity index (χ4v) is 7.21. The van der Waals surface area contributed by atoms with Crippen molar-refractivity contribution in [1.82, 2.24) is 15.6 Å². The molecule has 7 rings (SSSR count). The number of hydrogen-bond donors (Lipinski definition) is 3. The van der Waals surface area contributed by atoms with Gasteiger partial charge in [0.1, 0.15) is 5.69 Å². The smallest absolute Gasteiger partial charge is 0.315 e. The summed E-state index contributed by atoms with van der Waals surface area (Å²) in [7, 11) is 0. The Morgan fingerprint density at radius 2 is 1.25 bits per heavy atom. The number of aliphatic hydroxyl groups is 1. The number of amides is 2. The molecule has 52 heavy (non-hydrogen) atoms. The molecule has 3 N–H and O–H groups in total. The average molecular weight is 712 g/mol. The predicted octanol–water partition coefficient (Wildman–Crippen LogP) is 9.08. The third kappa shape index (κ3) is 8.63. The molecule has 1 saturated heterocycles. The van der Waals surface area contributed by atoms with E-state index in [-0.39, 0.29) is 30.8 Å². The normalized spacial score (nSPS) is 18.5. The van der Waals surface area contributed by atoms with E-state index in [9.17, 15) is 9.90 Å². The lowest BCUT2D eigenvalue weighted by Gasteiger charge is -2.41. The van der Waals surface area contributed by atoms with E-state index in [2.05, 4.69) is 17.6 Å². The van der Waals surface area contributed by atoms with Crippen LogP contribution in [0.15, 0.2) is 149 Å². The first kappa shape index (κ1) is 35.2. The van der Waals surface area contributed by atoms with Crippen molar-refractivity contribution in [3.05, 3.63) is 167 Å². The highest BCUT2D eigenvalue weighted by Crippen LogP contribution is 2.44. The third-order valence-corrected chi connectivity index (χ3v) is 10.1. The van der Waals surface area contributed by atoms with Crippen LogP contribution in [0.2, 0.25) is 0 Å². The summed E-state index contributed by atoms with van der Waals surface area (Å²) >= 11 is 1.53. The van der Waals surface area contributed by atoms with E-state index in [1.807, 2.05) is 140 Å². The minimum atomic E-state index is -0.621. The number of nitrogens with zero attached hydrogens (tertiary/aromatic N) is 1. The zero-order valence-electron chi connectivity index (χ0n) is 28.9. The van der Waals surface area contributed by atoms with E-state index >= 15 is 0 Å². The number of ether oxygens (including phenoxy) is 2. The van der Waals surface area contributed by atoms with E-state index in [4.69, 9.17) is 18.9 Å². The van der Waals surface area contributed by atoms with Gasteiger partial charge in [-0.1, -0.05) is 158 Å². The molecular formula is C43H41N3O5S. The van der Waals surface area contributed by atoms with Gasteiger partial charge in [-0.05, 0) is 22.3 Å². The van der Waals surface area contributed by atoms with Crippen LogP contribution in [0.3, 0.4) is 0 Å². The van der Waals surface area contributed by atoms with E-state index in [1.165, 1.54) is 11.8 Å². The Bertz CT molecular complexity index is 1970. The zero-order valence-corrected chi connectivity index (χ0v) is 29.7. The van der Waals surface area contributed by atoms with Crippen molar-refractivity contribution in [3.63, 3.8) is 0 Å². The van der Waals surface area contributed by atoms with Crippen LogP contribution in [0.1, 0.15) is 47.1 Å². The number of urea groups is 1. The Morgan fingerprint density at radius 1 is 0.692 bits per heavy atom. The van der Waals surface area contributed by atoms with Gasteiger partial charge in [0.2, 0.25) is 0 Å². The van der Waals surface area contributed by atoms with Gasteiger partial charge in [0.15, 0.2) is 12.1 Å². The Balaban J connectivity index is 1.07. The molecule has 0 saturated carbocycles. The maximum atomic E-state index is 12.4. The second-order valence-electron chi connectivity index (χ2n) is 12.8. The van der Waals surface area contributed by atoms with Gasteiger partial charge < -0.3 is 29.6 Å². The summed E-state index contributed by atoms with van der Waals surface area (Å²) in [5.74, 6) is 1.33. The standard InChI is InChI=1S/C43H41N3O5S/c1-29-37(28-52-43-46-38(33-13-7-3-8-14-33)40(51-43)34-15-9-4-10-16-34)49-41(50-39(29)35-21-19-32(27-47)20-22-35)36-23-17-31(18-24-36)26-45-42(48)44-25-30-11-5-2-6-12-30/h2-24,29,37,39,41,47H,25-28H2,1H3,(H2,44,45,48)/t29-,37+,39+,41+/m1/s1. The van der Waals surface area contributed by atoms with Gasteiger partial charge in [-0.25, -0.2) is 9.78 Å². The van der Waals surface area contributed by atoms with E-state index in [0.717, 1.165) is 50.4 Å². The Morgan fingerprint density at radius 3 is 1.88 bits per heavy atom. The second-order valence-corrected chi connectivity index (χ2v) is 13.8. The molecule has 4 atom stereocenters. The van der Waals surface area contributed by atoms with Crippen LogP contribution < -0.4 is 10.6 Å². The van der Waals surface area contributed by atoms with Crippen LogP contribution in [-0.2, 0) is 29.2 Å². The van der Waals surface area contributed by atoms with E-state index < -0.39 is 6.29 Å². The molecule has 0 bridgehead atoms. The molecule has 6 aromatic rings. The van der Waals surface area contributed by atoms with E-state index in [0.29, 0.717) is 24.1 Å². The summed E-state index contributed by atoms with van der Waals surface area (Å²) in [6.45, 7) is 2.97. The summed E-state index contributed by atoms with van der Waals surface area (Å²) in [6.07, 6.45) is -1.07. The molecule has 1 aliphatic heterocycles. The summed E-state index contributed by atoms with van der Waals surface area (Å²) < 4.78 is 19.8. The van der Waals surface area contributed by atoms with Crippen LogP contribution in [-0.4, -0.2) is 28.0 Å². The second kappa shape index (κ2) is 16.9. The summed E-state index contributed by atoms with van der Waals surface area (Å²) in [4.78, 5) is 17.4. The monoisotopic (exact) mass is 711 g/mol. The number of aliphatic hydroxyl groups excluding tert-OH is 1. The number of carbonyl (C=O) groups excluding carboxylic acids is 1. The van der Waals surface area contributed by atoms with Crippen molar-refractivity contribution in [3.8, 4) is 22.6 Å². The molecule has 1 aromatic heterocycles. The number of thioether (sulfide) groups is 1. The lowest BCUT2D eigenvalue weighted by molar-refractivity contribution is -0.268. The average Bonchev–Trinajstić information content (AvgIpc) is 3.65. The number of carbonyl (C=O) groups is 1. The first-order chi connectivity index (χ1) is 25.5. The van der Waals surface area contributed by atoms with Gasteiger partial charge in [0.05, 0.1) is 18.8 Å². The van der Waals surface area contributed by atoms with E-state index in [1.54, 1.807) is 0 Å². The molecule has 1 aliphatic rings. The SMILES string of the molecule is C[C@@H]1[C@H](CSc2nc(-c3ccccc3)c(-c3ccccc3)o2)O[C@H](c2ccc(CNC(=O)NCc3ccccc3)cc2)O[C@@H]1c1ccc(CO)cc1. The molecule has 0 spiro atoms. The highest BCUT2D eigenvalue weighted by molar-refractivity contribution is 7.99. The number of oxazole rings is 1. The minimum Gasteiger partial charge on any atom is -0.431 e. The number of aromatic nitrogens is 1. The Hall–Kier alpha value is -5.19. The fourth-order valence-electron chi connectivity index (χ4n) is 6.22. The van der Waals surface area contributed by atoms with Gasteiger partial charge in [-0.2, -0.15) is 0 Å². The maximum absolute atomic E-state index is 12.4. The molecule has 8 nitrogen and oxygen atoms in total. The first-order valence-electron chi connectivity index (χ1n) is 17.4. The Kier molecular flexibility index (Phi) is 11.4. The largest absolute Gasteiger partial charge is 0.431 e. The van der Waals surface area contributed by atoms with Crippen LogP contribution in [0.4, 0.5) is 4.79 Å². The maximum Gasteiger partial charge on any atom is 0.315 e. The molecule has 5 aromatic carbocycles. The molecule has 0 aliphatic carbocycles. The number of benzene rings is 5. The van der Waals surface area contributed by atoms with Crippen molar-refractivity contribution in [2.75, 3.05) is 5.75 Å². The quantitative estimate of drug-likeness (QED) is 0.109. The predicted molar refractivity (Wildman–Crippen MR) is 203 cm³/mol. The van der Waals surface area contributed by atoms with Crippen molar-refractivity contribution < 1.29 is 23.8 Å². The third-order valence-electron chi connectivity index (χ3n) is 9.19. The van der Waals surface area contributed by atoms with Crippen molar-refractivity contribution in [1.29, 1.82) is 0 Å². The number of rotatable bonds is 12. The zero-order chi connectivity index (χ0) is 35.7. The highest BCUT2D eigenvalue weighted by Gasteiger charge is 2.38. The summed E-state index contributed by atoms with van der Waals surface area (Å²) in [5.41, 5.74) is 7.50. The lowest BCUT2D eigenvalue weighted by atomic mass is 9.91. The van der Waals surface area contributed by atoms with Crippen molar-refractivity contribution >= 4 is 17.8 Å². The van der Waals surface area contributed by atoms with Crippen LogP contribution in [0, 0.1) is 5.92 Å². The van der Waals surface area contributed by atoms with Crippen LogP contribution in [0.5, 0.6) is 0 Å². The minimum absolute atomic E-state index is 0.00116.